The molecular formula is C13H13N3O3. The van der Waals surface area contributed by atoms with Crippen LogP contribution >= 0.6 is 0 Å². The van der Waals surface area contributed by atoms with E-state index in [4.69, 9.17) is 0 Å². The van der Waals surface area contributed by atoms with Gasteiger partial charge in [0, 0.05) is 18.9 Å². The summed E-state index contributed by atoms with van der Waals surface area (Å²) >= 11 is 0. The average Bonchev–Trinajstić information content (AvgIpc) is 2.85. The molecule has 2 aromatic rings. The molecule has 0 saturated heterocycles. The molecule has 6 nitrogen and oxygen atoms in total. The largest absolute Gasteiger partial charge is 0.465 e. The number of esters is 1. The number of aryl methyl sites for hydroxylation is 1. The van der Waals surface area contributed by atoms with Crippen molar-refractivity contribution in [2.24, 2.45) is 7.05 Å². The van der Waals surface area contributed by atoms with Crippen molar-refractivity contribution in [3.63, 3.8) is 0 Å². The molecule has 0 radical (unpaired) electrons. The number of hydrogen-bond donors (Lipinski definition) is 1. The Bertz CT molecular complexity index is 602. The predicted molar refractivity (Wildman–Crippen MR) is 68.9 cm³/mol. The third kappa shape index (κ3) is 2.98. The predicted octanol–water partition coefficient (Wildman–Crippen LogP) is 1.46. The summed E-state index contributed by atoms with van der Waals surface area (Å²) < 4.78 is 6.14. The molecule has 0 saturated carbocycles. The molecule has 0 atom stereocenters. The highest BCUT2D eigenvalue weighted by Gasteiger charge is 2.09. The lowest BCUT2D eigenvalue weighted by atomic mass is 10.2. The first kappa shape index (κ1) is 12.8. The Kier molecular flexibility index (Phi) is 3.61. The number of methoxy groups -OCH3 is 1. The lowest BCUT2D eigenvalue weighted by molar-refractivity contribution is 0.0600. The second kappa shape index (κ2) is 5.34. The number of amides is 1. The summed E-state index contributed by atoms with van der Waals surface area (Å²) in [6, 6.07) is 6.45. The van der Waals surface area contributed by atoms with E-state index >= 15 is 0 Å². The molecular weight excluding hydrogens is 246 g/mol. The number of rotatable bonds is 3. The number of nitrogens with zero attached hydrogens (tertiary/aromatic N) is 2. The van der Waals surface area contributed by atoms with Crippen molar-refractivity contribution < 1.29 is 14.3 Å². The molecule has 0 unspecified atom stereocenters. The maximum Gasteiger partial charge on any atom is 0.337 e. The number of carbonyl (C=O) groups is 2. The van der Waals surface area contributed by atoms with E-state index in [2.05, 4.69) is 15.2 Å². The molecule has 1 aromatic heterocycles. The molecule has 1 aromatic carbocycles. The van der Waals surface area contributed by atoms with Gasteiger partial charge in [-0.3, -0.25) is 9.48 Å². The van der Waals surface area contributed by atoms with Gasteiger partial charge in [-0.25, -0.2) is 4.79 Å². The number of anilines is 1. The smallest absolute Gasteiger partial charge is 0.337 e. The van der Waals surface area contributed by atoms with Gasteiger partial charge >= 0.3 is 5.97 Å². The summed E-state index contributed by atoms with van der Waals surface area (Å²) in [5.41, 5.74) is 1.50. The zero-order valence-corrected chi connectivity index (χ0v) is 10.6. The Morgan fingerprint density at radius 2 is 1.89 bits per heavy atom. The van der Waals surface area contributed by atoms with E-state index in [0.29, 0.717) is 16.8 Å². The highest BCUT2D eigenvalue weighted by Crippen LogP contribution is 2.11. The Morgan fingerprint density at radius 3 is 2.42 bits per heavy atom. The van der Waals surface area contributed by atoms with Gasteiger partial charge in [0.15, 0.2) is 0 Å². The standard InChI is InChI=1S/C13H13N3O3/c1-16-8-10(7-14-16)12(17)15-11-5-3-9(4-6-11)13(18)19-2/h3-8H,1-2H3,(H,15,17). The van der Waals surface area contributed by atoms with Gasteiger partial charge in [0.25, 0.3) is 5.91 Å². The van der Waals surface area contributed by atoms with E-state index in [1.165, 1.54) is 13.3 Å². The third-order valence-electron chi connectivity index (χ3n) is 2.53. The molecule has 1 N–H and O–H groups in total. The van der Waals surface area contributed by atoms with Crippen molar-refractivity contribution in [1.82, 2.24) is 9.78 Å². The third-order valence-corrected chi connectivity index (χ3v) is 2.53. The Morgan fingerprint density at radius 1 is 1.21 bits per heavy atom. The van der Waals surface area contributed by atoms with Crippen LogP contribution in [0.4, 0.5) is 5.69 Å². The van der Waals surface area contributed by atoms with Gasteiger partial charge in [0.05, 0.1) is 24.4 Å². The van der Waals surface area contributed by atoms with E-state index in [1.54, 1.807) is 42.2 Å². The van der Waals surface area contributed by atoms with Crippen LogP contribution < -0.4 is 5.32 Å². The van der Waals surface area contributed by atoms with E-state index in [1.807, 2.05) is 0 Å². The lowest BCUT2D eigenvalue weighted by Crippen LogP contribution is -2.11. The maximum absolute atomic E-state index is 11.8. The molecule has 0 spiro atoms. The normalized spacial score (nSPS) is 10.0. The second-order valence-electron chi connectivity index (χ2n) is 3.93. The molecule has 0 aliphatic heterocycles. The molecule has 1 heterocycles. The van der Waals surface area contributed by atoms with Crippen LogP contribution in [0.15, 0.2) is 36.7 Å². The fourth-order valence-corrected chi connectivity index (χ4v) is 1.55. The molecule has 1 amide bonds. The first-order valence-electron chi connectivity index (χ1n) is 5.58. The summed E-state index contributed by atoms with van der Waals surface area (Å²) in [6.45, 7) is 0. The Hall–Kier alpha value is -2.63. The summed E-state index contributed by atoms with van der Waals surface area (Å²) in [5, 5.41) is 6.63. The number of benzene rings is 1. The SMILES string of the molecule is COC(=O)c1ccc(NC(=O)c2cnn(C)c2)cc1. The van der Waals surface area contributed by atoms with Crippen molar-refractivity contribution in [3.8, 4) is 0 Å². The lowest BCUT2D eigenvalue weighted by Gasteiger charge is -2.04. The molecule has 0 aliphatic carbocycles. The van der Waals surface area contributed by atoms with Crippen LogP contribution in [0.1, 0.15) is 20.7 Å². The van der Waals surface area contributed by atoms with Crippen LogP contribution in [-0.4, -0.2) is 28.8 Å². The average molecular weight is 259 g/mol. The Balaban J connectivity index is 2.07. The van der Waals surface area contributed by atoms with Crippen LogP contribution in [0, 0.1) is 0 Å². The highest BCUT2D eigenvalue weighted by molar-refractivity contribution is 6.04. The van der Waals surface area contributed by atoms with Gasteiger partial charge in [-0.2, -0.15) is 5.10 Å². The van der Waals surface area contributed by atoms with Gasteiger partial charge in [0.1, 0.15) is 0 Å². The van der Waals surface area contributed by atoms with Gasteiger partial charge in [0.2, 0.25) is 0 Å². The quantitative estimate of drug-likeness (QED) is 0.847. The fourth-order valence-electron chi connectivity index (χ4n) is 1.55. The van der Waals surface area contributed by atoms with E-state index in [9.17, 15) is 9.59 Å². The van der Waals surface area contributed by atoms with Crippen LogP contribution in [0.25, 0.3) is 0 Å². The Labute approximate surface area is 110 Å². The van der Waals surface area contributed by atoms with Crippen LogP contribution in [-0.2, 0) is 11.8 Å². The monoisotopic (exact) mass is 259 g/mol. The van der Waals surface area contributed by atoms with Crippen molar-refractivity contribution in [3.05, 3.63) is 47.8 Å². The summed E-state index contributed by atoms with van der Waals surface area (Å²) in [6.07, 6.45) is 3.11. The molecule has 0 bridgehead atoms. The number of nitrogens with one attached hydrogen (secondary N) is 1. The first-order chi connectivity index (χ1) is 9.10. The van der Waals surface area contributed by atoms with Crippen molar-refractivity contribution in [2.75, 3.05) is 12.4 Å². The number of aromatic nitrogens is 2. The second-order valence-corrected chi connectivity index (χ2v) is 3.93. The van der Waals surface area contributed by atoms with E-state index in [0.717, 1.165) is 0 Å². The van der Waals surface area contributed by atoms with E-state index in [-0.39, 0.29) is 5.91 Å². The zero-order chi connectivity index (χ0) is 13.8. The van der Waals surface area contributed by atoms with E-state index < -0.39 is 5.97 Å². The summed E-state index contributed by atoms with van der Waals surface area (Å²) in [4.78, 5) is 23.1. The highest BCUT2D eigenvalue weighted by atomic mass is 16.5. The van der Waals surface area contributed by atoms with Gasteiger partial charge in [-0.15, -0.1) is 0 Å². The van der Waals surface area contributed by atoms with Gasteiger partial charge in [-0.1, -0.05) is 0 Å². The minimum atomic E-state index is -0.412. The molecule has 19 heavy (non-hydrogen) atoms. The molecule has 2 rings (SSSR count). The van der Waals surface area contributed by atoms with Crippen molar-refractivity contribution in [1.29, 1.82) is 0 Å². The molecule has 0 fully saturated rings. The maximum atomic E-state index is 11.8. The van der Waals surface area contributed by atoms with Crippen LogP contribution in [0.2, 0.25) is 0 Å². The topological polar surface area (TPSA) is 73.2 Å². The zero-order valence-electron chi connectivity index (χ0n) is 10.6. The number of carbonyl (C=O) groups excluding carboxylic acids is 2. The first-order valence-corrected chi connectivity index (χ1v) is 5.58. The minimum absolute atomic E-state index is 0.251. The number of hydrogen-bond acceptors (Lipinski definition) is 4. The van der Waals surface area contributed by atoms with Crippen LogP contribution in [0.3, 0.4) is 0 Å². The molecule has 6 heteroatoms. The van der Waals surface area contributed by atoms with Gasteiger partial charge in [-0.05, 0) is 24.3 Å². The van der Waals surface area contributed by atoms with Crippen molar-refractivity contribution in [2.45, 2.75) is 0 Å². The van der Waals surface area contributed by atoms with Crippen molar-refractivity contribution >= 4 is 17.6 Å². The minimum Gasteiger partial charge on any atom is -0.465 e. The molecule has 0 aliphatic rings. The number of ether oxygens (including phenoxy) is 1. The van der Waals surface area contributed by atoms with Gasteiger partial charge < -0.3 is 10.1 Å². The van der Waals surface area contributed by atoms with Crippen LogP contribution in [0.5, 0.6) is 0 Å². The fraction of sp³-hybridized carbons (Fsp3) is 0.154. The summed E-state index contributed by atoms with van der Waals surface area (Å²) in [5.74, 6) is -0.663. The summed E-state index contributed by atoms with van der Waals surface area (Å²) in [7, 11) is 3.06. The molecule has 98 valence electrons.